The summed E-state index contributed by atoms with van der Waals surface area (Å²) in [7, 11) is 0. The lowest BCUT2D eigenvalue weighted by molar-refractivity contribution is 0.628. The van der Waals surface area contributed by atoms with Gasteiger partial charge in [0.15, 0.2) is 0 Å². The van der Waals surface area contributed by atoms with Crippen LogP contribution < -0.4 is 11.1 Å². The highest BCUT2D eigenvalue weighted by atomic mass is 19.1. The van der Waals surface area contributed by atoms with E-state index in [0.29, 0.717) is 5.69 Å². The molecule has 0 fully saturated rings. The van der Waals surface area contributed by atoms with Crippen molar-refractivity contribution in [1.82, 2.24) is 0 Å². The van der Waals surface area contributed by atoms with E-state index in [1.807, 2.05) is 18.2 Å². The van der Waals surface area contributed by atoms with Gasteiger partial charge >= 0.3 is 0 Å². The largest absolute Gasteiger partial charge is 0.397 e. The van der Waals surface area contributed by atoms with Crippen molar-refractivity contribution >= 4 is 11.4 Å². The van der Waals surface area contributed by atoms with Crippen LogP contribution in [0, 0.1) is 5.82 Å². The molecule has 0 aliphatic rings. The van der Waals surface area contributed by atoms with Crippen LogP contribution in [0.15, 0.2) is 48.5 Å². The number of nitrogens with two attached hydrogens (primary N) is 1. The maximum Gasteiger partial charge on any atom is 0.125 e. The molecule has 0 atom stereocenters. The number of aryl methyl sites for hydroxylation is 1. The van der Waals surface area contributed by atoms with Gasteiger partial charge in [0.1, 0.15) is 5.82 Å². The Morgan fingerprint density at radius 2 is 1.83 bits per heavy atom. The van der Waals surface area contributed by atoms with Crippen molar-refractivity contribution in [3.8, 4) is 0 Å². The van der Waals surface area contributed by atoms with Crippen molar-refractivity contribution in [2.75, 3.05) is 17.6 Å². The van der Waals surface area contributed by atoms with E-state index in [2.05, 4.69) is 17.4 Å². The summed E-state index contributed by atoms with van der Waals surface area (Å²) in [4.78, 5) is 0. The van der Waals surface area contributed by atoms with Crippen LogP contribution >= 0.6 is 0 Å². The monoisotopic (exact) mass is 244 g/mol. The number of rotatable bonds is 5. The van der Waals surface area contributed by atoms with Crippen LogP contribution in [0.25, 0.3) is 0 Å². The molecule has 0 aliphatic heterocycles. The summed E-state index contributed by atoms with van der Waals surface area (Å²) in [6.07, 6.45) is 2.04. The first-order chi connectivity index (χ1) is 8.75. The molecule has 0 radical (unpaired) electrons. The van der Waals surface area contributed by atoms with E-state index in [1.165, 1.54) is 17.7 Å². The Hall–Kier alpha value is -2.03. The SMILES string of the molecule is Nc1cc(F)ccc1NCCCc1ccccc1. The Kier molecular flexibility index (Phi) is 4.18. The van der Waals surface area contributed by atoms with Crippen LogP contribution in [0.5, 0.6) is 0 Å². The molecule has 0 heterocycles. The van der Waals surface area contributed by atoms with Gasteiger partial charge in [-0.05, 0) is 36.6 Å². The van der Waals surface area contributed by atoms with E-state index in [4.69, 9.17) is 5.73 Å². The zero-order valence-electron chi connectivity index (χ0n) is 10.2. The van der Waals surface area contributed by atoms with Crippen molar-refractivity contribution < 1.29 is 4.39 Å². The molecule has 0 saturated heterocycles. The smallest absolute Gasteiger partial charge is 0.125 e. The molecule has 18 heavy (non-hydrogen) atoms. The van der Waals surface area contributed by atoms with Crippen LogP contribution in [0.3, 0.4) is 0 Å². The average Bonchev–Trinajstić information content (AvgIpc) is 2.38. The number of nitrogens with one attached hydrogen (secondary N) is 1. The lowest BCUT2D eigenvalue weighted by Gasteiger charge is -2.09. The summed E-state index contributed by atoms with van der Waals surface area (Å²) in [6.45, 7) is 0.824. The zero-order valence-corrected chi connectivity index (χ0v) is 10.2. The van der Waals surface area contributed by atoms with E-state index in [1.54, 1.807) is 6.07 Å². The lowest BCUT2D eigenvalue weighted by Crippen LogP contribution is -2.05. The molecule has 0 unspecified atom stereocenters. The first-order valence-corrected chi connectivity index (χ1v) is 6.08. The summed E-state index contributed by atoms with van der Waals surface area (Å²) < 4.78 is 12.8. The number of hydrogen-bond donors (Lipinski definition) is 2. The minimum absolute atomic E-state index is 0.303. The van der Waals surface area contributed by atoms with Gasteiger partial charge in [0.2, 0.25) is 0 Å². The van der Waals surface area contributed by atoms with Crippen LogP contribution in [-0.4, -0.2) is 6.54 Å². The molecule has 2 aromatic carbocycles. The third-order valence-electron chi connectivity index (χ3n) is 2.81. The molecule has 0 aromatic heterocycles. The first-order valence-electron chi connectivity index (χ1n) is 6.08. The van der Waals surface area contributed by atoms with Gasteiger partial charge in [-0.2, -0.15) is 0 Å². The van der Waals surface area contributed by atoms with Gasteiger partial charge in [-0.1, -0.05) is 30.3 Å². The highest BCUT2D eigenvalue weighted by Gasteiger charge is 1.99. The van der Waals surface area contributed by atoms with Gasteiger partial charge < -0.3 is 11.1 Å². The van der Waals surface area contributed by atoms with E-state index >= 15 is 0 Å². The molecule has 2 nitrogen and oxygen atoms in total. The van der Waals surface area contributed by atoms with E-state index < -0.39 is 0 Å². The first kappa shape index (κ1) is 12.4. The maximum absolute atomic E-state index is 12.8. The summed E-state index contributed by atoms with van der Waals surface area (Å²) in [5.41, 5.74) is 8.29. The summed E-state index contributed by atoms with van der Waals surface area (Å²) >= 11 is 0. The zero-order chi connectivity index (χ0) is 12.8. The highest BCUT2D eigenvalue weighted by Crippen LogP contribution is 2.18. The number of nitrogen functional groups attached to an aromatic ring is 1. The quantitative estimate of drug-likeness (QED) is 0.624. The number of benzene rings is 2. The molecule has 3 heteroatoms. The van der Waals surface area contributed by atoms with E-state index in [9.17, 15) is 4.39 Å². The minimum Gasteiger partial charge on any atom is -0.397 e. The van der Waals surface area contributed by atoms with Crippen LogP contribution in [0.2, 0.25) is 0 Å². The van der Waals surface area contributed by atoms with Gasteiger partial charge in [-0.3, -0.25) is 0 Å². The molecule has 0 aliphatic carbocycles. The standard InChI is InChI=1S/C15H17FN2/c16-13-8-9-15(14(17)11-13)18-10-4-7-12-5-2-1-3-6-12/h1-3,5-6,8-9,11,18H,4,7,10,17H2. The summed E-state index contributed by atoms with van der Waals surface area (Å²) in [6, 6.07) is 14.8. The summed E-state index contributed by atoms with van der Waals surface area (Å²) in [5.74, 6) is -0.303. The number of halogens is 1. The fourth-order valence-corrected chi connectivity index (χ4v) is 1.85. The Morgan fingerprint density at radius 1 is 1.06 bits per heavy atom. The van der Waals surface area contributed by atoms with Gasteiger partial charge in [-0.25, -0.2) is 4.39 Å². The Balaban J connectivity index is 1.79. The molecule has 0 bridgehead atoms. The van der Waals surface area contributed by atoms with Gasteiger partial charge in [0, 0.05) is 6.54 Å². The maximum atomic E-state index is 12.8. The Morgan fingerprint density at radius 3 is 2.56 bits per heavy atom. The molecule has 2 aromatic rings. The van der Waals surface area contributed by atoms with E-state index in [0.717, 1.165) is 25.1 Å². The van der Waals surface area contributed by atoms with Crippen molar-refractivity contribution in [3.05, 3.63) is 59.9 Å². The molecule has 0 spiro atoms. The normalized spacial score (nSPS) is 10.3. The Labute approximate surface area is 107 Å². The van der Waals surface area contributed by atoms with Gasteiger partial charge in [-0.15, -0.1) is 0 Å². The van der Waals surface area contributed by atoms with Crippen molar-refractivity contribution in [1.29, 1.82) is 0 Å². The average molecular weight is 244 g/mol. The fourth-order valence-electron chi connectivity index (χ4n) is 1.85. The van der Waals surface area contributed by atoms with Gasteiger partial charge in [0.25, 0.3) is 0 Å². The third-order valence-corrected chi connectivity index (χ3v) is 2.81. The minimum atomic E-state index is -0.303. The molecule has 0 amide bonds. The van der Waals surface area contributed by atoms with E-state index in [-0.39, 0.29) is 5.82 Å². The van der Waals surface area contributed by atoms with Crippen LogP contribution in [0.4, 0.5) is 15.8 Å². The molecule has 0 saturated carbocycles. The predicted molar refractivity (Wildman–Crippen MR) is 74.1 cm³/mol. The Bertz CT molecular complexity index is 497. The molecule has 2 rings (SSSR count). The highest BCUT2D eigenvalue weighted by molar-refractivity contribution is 5.65. The van der Waals surface area contributed by atoms with Crippen LogP contribution in [-0.2, 0) is 6.42 Å². The summed E-state index contributed by atoms with van der Waals surface area (Å²) in [5, 5.41) is 3.22. The second kappa shape index (κ2) is 6.05. The molecule has 3 N–H and O–H groups in total. The molecular formula is C15H17FN2. The third kappa shape index (κ3) is 3.48. The van der Waals surface area contributed by atoms with Crippen LogP contribution in [0.1, 0.15) is 12.0 Å². The molecular weight excluding hydrogens is 227 g/mol. The van der Waals surface area contributed by atoms with Gasteiger partial charge in [0.05, 0.1) is 11.4 Å². The van der Waals surface area contributed by atoms with Crippen molar-refractivity contribution in [2.45, 2.75) is 12.8 Å². The van der Waals surface area contributed by atoms with Crippen molar-refractivity contribution in [3.63, 3.8) is 0 Å². The fraction of sp³-hybridized carbons (Fsp3) is 0.200. The molecule has 94 valence electrons. The second-order valence-corrected chi connectivity index (χ2v) is 4.25. The van der Waals surface area contributed by atoms with Crippen molar-refractivity contribution in [2.24, 2.45) is 0 Å². The second-order valence-electron chi connectivity index (χ2n) is 4.25. The number of anilines is 2. The predicted octanol–water partition coefficient (Wildman–Crippen LogP) is 3.45. The topological polar surface area (TPSA) is 38.0 Å². The lowest BCUT2D eigenvalue weighted by atomic mass is 10.1. The number of hydrogen-bond acceptors (Lipinski definition) is 2.